The largest absolute Gasteiger partial charge is 0.309 e. The predicted octanol–water partition coefficient (Wildman–Crippen LogP) is 2.49. The van der Waals surface area contributed by atoms with Gasteiger partial charge in [-0.3, -0.25) is 4.79 Å². The van der Waals surface area contributed by atoms with Gasteiger partial charge in [-0.25, -0.2) is 13.4 Å². The van der Waals surface area contributed by atoms with E-state index in [0.717, 1.165) is 11.3 Å². The van der Waals surface area contributed by atoms with Crippen molar-refractivity contribution in [3.05, 3.63) is 53.7 Å². The number of amides is 1. The van der Waals surface area contributed by atoms with Gasteiger partial charge in [-0.1, -0.05) is 23.8 Å². The normalized spacial score (nSPS) is 18.2. The van der Waals surface area contributed by atoms with Gasteiger partial charge in [-0.15, -0.1) is 0 Å². The molecule has 1 aliphatic heterocycles. The molecule has 1 saturated heterocycles. The van der Waals surface area contributed by atoms with Crippen LogP contribution in [0.2, 0.25) is 0 Å². The van der Waals surface area contributed by atoms with Crippen LogP contribution in [0, 0.1) is 13.8 Å². The molecule has 1 aromatic heterocycles. The van der Waals surface area contributed by atoms with Crippen molar-refractivity contribution in [1.82, 2.24) is 9.29 Å². The molecule has 0 unspecified atom stereocenters. The monoisotopic (exact) mass is 359 g/mol. The SMILES string of the molecule is Cc1ccc(S(=O)(=O)N2CCC[C@@H]2C(=O)Nc2cccc(C)n2)cc1. The number of aryl methyl sites for hydroxylation is 2. The smallest absolute Gasteiger partial charge is 0.243 e. The van der Waals surface area contributed by atoms with E-state index >= 15 is 0 Å². The lowest BCUT2D eigenvalue weighted by molar-refractivity contribution is -0.119. The third-order valence-electron chi connectivity index (χ3n) is 4.27. The molecule has 0 spiro atoms. The van der Waals surface area contributed by atoms with Crippen molar-refractivity contribution in [2.45, 2.75) is 37.6 Å². The van der Waals surface area contributed by atoms with Crippen LogP contribution in [0.1, 0.15) is 24.1 Å². The van der Waals surface area contributed by atoms with Gasteiger partial charge in [0.2, 0.25) is 15.9 Å². The molecule has 25 heavy (non-hydrogen) atoms. The van der Waals surface area contributed by atoms with E-state index in [2.05, 4.69) is 10.3 Å². The lowest BCUT2D eigenvalue weighted by Crippen LogP contribution is -2.43. The molecular formula is C18H21N3O3S. The topological polar surface area (TPSA) is 79.4 Å². The third-order valence-corrected chi connectivity index (χ3v) is 6.20. The van der Waals surface area contributed by atoms with Crippen molar-refractivity contribution >= 4 is 21.7 Å². The summed E-state index contributed by atoms with van der Waals surface area (Å²) in [6, 6.07) is 11.3. The molecule has 6 nitrogen and oxygen atoms in total. The average Bonchev–Trinajstić information content (AvgIpc) is 3.06. The minimum Gasteiger partial charge on any atom is -0.309 e. The minimum absolute atomic E-state index is 0.214. The zero-order chi connectivity index (χ0) is 18.0. The van der Waals surface area contributed by atoms with Crippen molar-refractivity contribution < 1.29 is 13.2 Å². The quantitative estimate of drug-likeness (QED) is 0.910. The molecule has 132 valence electrons. The van der Waals surface area contributed by atoms with Gasteiger partial charge < -0.3 is 5.32 Å². The van der Waals surface area contributed by atoms with Crippen molar-refractivity contribution in [3.63, 3.8) is 0 Å². The summed E-state index contributed by atoms with van der Waals surface area (Å²) in [5.41, 5.74) is 1.77. The van der Waals surface area contributed by atoms with Gasteiger partial charge >= 0.3 is 0 Å². The number of aromatic nitrogens is 1. The van der Waals surface area contributed by atoms with E-state index in [4.69, 9.17) is 0 Å². The van der Waals surface area contributed by atoms with Crippen LogP contribution in [0.5, 0.6) is 0 Å². The van der Waals surface area contributed by atoms with Gasteiger partial charge in [0, 0.05) is 12.2 Å². The molecule has 7 heteroatoms. The number of hydrogen-bond acceptors (Lipinski definition) is 4. The number of benzene rings is 1. The van der Waals surface area contributed by atoms with Crippen LogP contribution in [-0.2, 0) is 14.8 Å². The Hall–Kier alpha value is -2.25. The first kappa shape index (κ1) is 17.6. The highest BCUT2D eigenvalue weighted by Gasteiger charge is 2.39. The second-order valence-corrected chi connectivity index (χ2v) is 8.13. The second-order valence-electron chi connectivity index (χ2n) is 6.24. The Morgan fingerprint density at radius 2 is 1.88 bits per heavy atom. The van der Waals surface area contributed by atoms with Gasteiger partial charge in [0.1, 0.15) is 11.9 Å². The summed E-state index contributed by atoms with van der Waals surface area (Å²) < 4.78 is 27.1. The van der Waals surface area contributed by atoms with Crippen molar-refractivity contribution in [1.29, 1.82) is 0 Å². The van der Waals surface area contributed by atoms with Crippen molar-refractivity contribution in [3.8, 4) is 0 Å². The van der Waals surface area contributed by atoms with Crippen LogP contribution < -0.4 is 5.32 Å². The second kappa shape index (κ2) is 6.93. The number of anilines is 1. The van der Waals surface area contributed by atoms with Gasteiger partial charge in [-0.2, -0.15) is 4.31 Å². The van der Waals surface area contributed by atoms with Crippen LogP contribution >= 0.6 is 0 Å². The summed E-state index contributed by atoms with van der Waals surface area (Å²) >= 11 is 0. The Balaban J connectivity index is 1.82. The van der Waals surface area contributed by atoms with Gasteiger partial charge in [-0.05, 0) is 51.0 Å². The number of nitrogens with one attached hydrogen (secondary N) is 1. The lowest BCUT2D eigenvalue weighted by atomic mass is 10.2. The van der Waals surface area contributed by atoms with Gasteiger partial charge in [0.25, 0.3) is 0 Å². The molecule has 2 aromatic rings. The van der Waals surface area contributed by atoms with E-state index in [1.54, 1.807) is 36.4 Å². The number of nitrogens with zero attached hydrogens (tertiary/aromatic N) is 2. The Morgan fingerprint density at radius 3 is 2.56 bits per heavy atom. The van der Waals surface area contributed by atoms with E-state index in [1.165, 1.54) is 4.31 Å². The fourth-order valence-corrected chi connectivity index (χ4v) is 4.61. The highest BCUT2D eigenvalue weighted by molar-refractivity contribution is 7.89. The molecule has 0 bridgehead atoms. The van der Waals surface area contributed by atoms with Crippen molar-refractivity contribution in [2.24, 2.45) is 0 Å². The molecule has 3 rings (SSSR count). The van der Waals surface area contributed by atoms with E-state index < -0.39 is 16.1 Å². The average molecular weight is 359 g/mol. The van der Waals surface area contributed by atoms with Gasteiger partial charge in [0.15, 0.2) is 0 Å². The number of rotatable bonds is 4. The number of pyridine rings is 1. The maximum Gasteiger partial charge on any atom is 0.243 e. The molecule has 1 fully saturated rings. The Morgan fingerprint density at radius 1 is 1.16 bits per heavy atom. The number of carbonyl (C=O) groups is 1. The molecule has 1 atom stereocenters. The van der Waals surface area contributed by atoms with Crippen LogP contribution in [0.25, 0.3) is 0 Å². The van der Waals surface area contributed by atoms with Crippen molar-refractivity contribution in [2.75, 3.05) is 11.9 Å². The standard InChI is InChI=1S/C18H21N3O3S/c1-13-8-10-15(11-9-13)25(23,24)21-12-4-6-16(21)18(22)20-17-7-3-5-14(2)19-17/h3,5,7-11,16H,4,6,12H2,1-2H3,(H,19,20,22)/t16-/m1/s1. The first-order valence-corrected chi connectivity index (χ1v) is 9.65. The predicted molar refractivity (Wildman–Crippen MR) is 95.7 cm³/mol. The zero-order valence-electron chi connectivity index (χ0n) is 14.3. The summed E-state index contributed by atoms with van der Waals surface area (Å²) in [5, 5.41) is 2.73. The Labute approximate surface area is 147 Å². The fourth-order valence-electron chi connectivity index (χ4n) is 2.96. The summed E-state index contributed by atoms with van der Waals surface area (Å²) in [4.78, 5) is 17.1. The first-order chi connectivity index (χ1) is 11.9. The van der Waals surface area contributed by atoms with E-state index in [0.29, 0.717) is 25.2 Å². The van der Waals surface area contributed by atoms with Crippen LogP contribution in [-0.4, -0.2) is 36.2 Å². The molecule has 0 radical (unpaired) electrons. The van der Waals surface area contributed by atoms with E-state index in [1.807, 2.05) is 19.9 Å². The van der Waals surface area contributed by atoms with Gasteiger partial charge in [0.05, 0.1) is 4.90 Å². The van der Waals surface area contributed by atoms with Crippen LogP contribution in [0.3, 0.4) is 0 Å². The molecule has 1 aliphatic rings. The maximum absolute atomic E-state index is 12.9. The number of sulfonamides is 1. The summed E-state index contributed by atoms with van der Waals surface area (Å²) in [6.45, 7) is 4.08. The molecule has 1 aromatic carbocycles. The molecule has 2 heterocycles. The first-order valence-electron chi connectivity index (χ1n) is 8.21. The Bertz CT molecular complexity index is 879. The minimum atomic E-state index is -3.70. The van der Waals surface area contributed by atoms with Crippen LogP contribution in [0.15, 0.2) is 47.4 Å². The number of carbonyl (C=O) groups excluding carboxylic acids is 1. The summed E-state index contributed by atoms with van der Waals surface area (Å²) in [6.07, 6.45) is 1.16. The highest BCUT2D eigenvalue weighted by atomic mass is 32.2. The molecule has 0 aliphatic carbocycles. The molecule has 1 N–H and O–H groups in total. The maximum atomic E-state index is 12.9. The van der Waals surface area contributed by atoms with E-state index in [9.17, 15) is 13.2 Å². The Kier molecular flexibility index (Phi) is 4.87. The summed E-state index contributed by atoms with van der Waals surface area (Å²) in [5.74, 6) is 0.0934. The van der Waals surface area contributed by atoms with Crippen LogP contribution in [0.4, 0.5) is 5.82 Å². The molecular weight excluding hydrogens is 338 g/mol. The highest BCUT2D eigenvalue weighted by Crippen LogP contribution is 2.27. The molecule has 0 saturated carbocycles. The lowest BCUT2D eigenvalue weighted by Gasteiger charge is -2.23. The fraction of sp³-hybridized carbons (Fsp3) is 0.333. The van der Waals surface area contributed by atoms with E-state index in [-0.39, 0.29) is 10.8 Å². The zero-order valence-corrected chi connectivity index (χ0v) is 15.1. The summed E-state index contributed by atoms with van der Waals surface area (Å²) in [7, 11) is -3.70. The number of hydrogen-bond donors (Lipinski definition) is 1. The third kappa shape index (κ3) is 3.72. The molecule has 1 amide bonds.